The molecular weight excluding hydrogens is 277 g/mol. The number of nitrogens with one attached hydrogen (secondary N) is 1. The molecule has 0 aromatic heterocycles. The minimum Gasteiger partial charge on any atom is -0.346 e. The summed E-state index contributed by atoms with van der Waals surface area (Å²) in [5.74, 6) is -0.0837. The van der Waals surface area contributed by atoms with Crippen LogP contribution in [0.2, 0.25) is 0 Å². The Bertz CT molecular complexity index is 598. The van der Waals surface area contributed by atoms with Crippen molar-refractivity contribution >= 4 is 17.5 Å². The molecule has 2 aromatic carbocycles. The zero-order valence-electron chi connectivity index (χ0n) is 11.1. The van der Waals surface area contributed by atoms with Crippen LogP contribution in [-0.4, -0.2) is 5.91 Å². The van der Waals surface area contributed by atoms with Crippen LogP contribution >= 0.6 is 11.6 Å². The lowest BCUT2D eigenvalue weighted by atomic mass is 10.1. The van der Waals surface area contributed by atoms with E-state index < -0.39 is 0 Å². The maximum Gasteiger partial charge on any atom is 0.251 e. The van der Waals surface area contributed by atoms with Crippen molar-refractivity contribution in [3.8, 4) is 0 Å². The van der Waals surface area contributed by atoms with Gasteiger partial charge in [0.1, 0.15) is 5.82 Å². The van der Waals surface area contributed by atoms with E-state index >= 15 is 0 Å². The van der Waals surface area contributed by atoms with Gasteiger partial charge in [0.15, 0.2) is 0 Å². The lowest BCUT2D eigenvalue weighted by Gasteiger charge is -2.14. The number of hydrogen-bond donors (Lipinski definition) is 1. The molecule has 0 fully saturated rings. The fourth-order valence-electron chi connectivity index (χ4n) is 1.88. The minimum atomic E-state index is -0.310. The van der Waals surface area contributed by atoms with E-state index in [0.29, 0.717) is 11.4 Å². The second-order valence-corrected chi connectivity index (χ2v) is 4.85. The highest BCUT2D eigenvalue weighted by atomic mass is 35.5. The molecule has 2 aromatic rings. The van der Waals surface area contributed by atoms with Gasteiger partial charge in [-0.1, -0.05) is 24.3 Å². The van der Waals surface area contributed by atoms with E-state index in [4.69, 9.17) is 11.6 Å². The van der Waals surface area contributed by atoms with Crippen LogP contribution in [0.25, 0.3) is 0 Å². The summed E-state index contributed by atoms with van der Waals surface area (Å²) in [6.07, 6.45) is 0. The number of rotatable bonds is 4. The van der Waals surface area contributed by atoms with Gasteiger partial charge in [-0.3, -0.25) is 4.79 Å². The second kappa shape index (κ2) is 6.53. The molecule has 0 saturated carbocycles. The van der Waals surface area contributed by atoms with Gasteiger partial charge in [-0.15, -0.1) is 11.6 Å². The topological polar surface area (TPSA) is 29.1 Å². The van der Waals surface area contributed by atoms with E-state index in [9.17, 15) is 9.18 Å². The van der Waals surface area contributed by atoms with E-state index in [1.807, 2.05) is 19.1 Å². The van der Waals surface area contributed by atoms with Crippen molar-refractivity contribution in [1.82, 2.24) is 5.32 Å². The maximum absolute atomic E-state index is 13.1. The van der Waals surface area contributed by atoms with Crippen LogP contribution < -0.4 is 5.32 Å². The van der Waals surface area contributed by atoms with Crippen LogP contribution in [0.3, 0.4) is 0 Å². The number of carbonyl (C=O) groups is 1. The molecule has 4 heteroatoms. The summed E-state index contributed by atoms with van der Waals surface area (Å²) in [5.41, 5.74) is 2.25. The van der Waals surface area contributed by atoms with E-state index in [2.05, 4.69) is 5.32 Å². The fourth-order valence-corrected chi connectivity index (χ4v) is 2.06. The Morgan fingerprint density at radius 2 is 1.95 bits per heavy atom. The first kappa shape index (κ1) is 14.5. The van der Waals surface area contributed by atoms with E-state index in [-0.39, 0.29) is 17.8 Å². The van der Waals surface area contributed by atoms with Gasteiger partial charge in [0, 0.05) is 11.4 Å². The quantitative estimate of drug-likeness (QED) is 0.846. The number of amides is 1. The van der Waals surface area contributed by atoms with Crippen molar-refractivity contribution in [2.24, 2.45) is 0 Å². The van der Waals surface area contributed by atoms with Gasteiger partial charge >= 0.3 is 0 Å². The number of carbonyl (C=O) groups excluding carboxylic acids is 1. The normalized spacial score (nSPS) is 11.9. The molecular formula is C16H15ClFNO. The third-order valence-corrected chi connectivity index (χ3v) is 3.38. The van der Waals surface area contributed by atoms with Crippen molar-refractivity contribution in [3.63, 3.8) is 0 Å². The molecule has 2 nitrogen and oxygen atoms in total. The van der Waals surface area contributed by atoms with E-state index in [1.165, 1.54) is 12.1 Å². The Morgan fingerprint density at radius 3 is 2.55 bits per heavy atom. The van der Waals surface area contributed by atoms with Crippen molar-refractivity contribution in [2.75, 3.05) is 0 Å². The molecule has 104 valence electrons. The molecule has 0 aliphatic carbocycles. The Morgan fingerprint density at radius 1 is 1.25 bits per heavy atom. The van der Waals surface area contributed by atoms with Crippen LogP contribution in [0.1, 0.15) is 34.5 Å². The molecule has 0 aliphatic rings. The molecule has 1 atom stereocenters. The highest BCUT2D eigenvalue weighted by molar-refractivity contribution is 6.17. The van der Waals surface area contributed by atoms with E-state index in [1.54, 1.807) is 24.3 Å². The van der Waals surface area contributed by atoms with Crippen molar-refractivity contribution in [3.05, 3.63) is 71.0 Å². The Balaban J connectivity index is 2.06. The maximum atomic E-state index is 13.1. The smallest absolute Gasteiger partial charge is 0.251 e. The number of halogens is 2. The summed E-state index contributed by atoms with van der Waals surface area (Å²) in [6.45, 7) is 1.82. The van der Waals surface area contributed by atoms with Gasteiger partial charge in [0.25, 0.3) is 5.91 Å². The molecule has 20 heavy (non-hydrogen) atoms. The zero-order chi connectivity index (χ0) is 14.5. The van der Waals surface area contributed by atoms with Crippen molar-refractivity contribution in [1.29, 1.82) is 0 Å². The highest BCUT2D eigenvalue weighted by Gasteiger charge is 2.11. The SMILES string of the molecule is CC(NC(=O)c1ccc(CCl)cc1)c1cccc(F)c1. The predicted octanol–water partition coefficient (Wildman–Crippen LogP) is 4.06. The molecule has 1 amide bonds. The standard InChI is InChI=1S/C16H15ClFNO/c1-11(14-3-2-4-15(18)9-14)19-16(20)13-7-5-12(10-17)6-8-13/h2-9,11H,10H2,1H3,(H,19,20). The molecule has 2 rings (SSSR count). The van der Waals surface area contributed by atoms with Gasteiger partial charge in [-0.2, -0.15) is 0 Å². The summed E-state index contributed by atoms with van der Waals surface area (Å²) in [4.78, 5) is 12.1. The van der Waals surface area contributed by atoms with Crippen LogP contribution in [0.4, 0.5) is 4.39 Å². The molecule has 0 radical (unpaired) electrons. The zero-order valence-corrected chi connectivity index (χ0v) is 11.8. The van der Waals surface area contributed by atoms with Crippen molar-refractivity contribution in [2.45, 2.75) is 18.8 Å². The molecule has 0 heterocycles. The average Bonchev–Trinajstić information content (AvgIpc) is 2.47. The molecule has 0 aliphatic heterocycles. The first-order chi connectivity index (χ1) is 9.60. The third-order valence-electron chi connectivity index (χ3n) is 3.07. The van der Waals surface area contributed by atoms with Crippen LogP contribution in [0.5, 0.6) is 0 Å². The molecule has 1 N–H and O–H groups in total. The highest BCUT2D eigenvalue weighted by Crippen LogP contribution is 2.15. The average molecular weight is 292 g/mol. The van der Waals surface area contributed by atoms with Gasteiger partial charge in [-0.05, 0) is 42.3 Å². The second-order valence-electron chi connectivity index (χ2n) is 4.58. The molecule has 0 bridgehead atoms. The summed E-state index contributed by atoms with van der Waals surface area (Å²) < 4.78 is 13.1. The summed E-state index contributed by atoms with van der Waals surface area (Å²) >= 11 is 5.70. The van der Waals surface area contributed by atoms with Gasteiger partial charge in [0.05, 0.1) is 6.04 Å². The number of hydrogen-bond acceptors (Lipinski definition) is 1. The van der Waals surface area contributed by atoms with Crippen LogP contribution in [0.15, 0.2) is 48.5 Å². The first-order valence-electron chi connectivity index (χ1n) is 6.31. The summed E-state index contributed by atoms with van der Waals surface area (Å²) in [7, 11) is 0. The summed E-state index contributed by atoms with van der Waals surface area (Å²) in [5, 5.41) is 2.84. The predicted molar refractivity (Wildman–Crippen MR) is 78.3 cm³/mol. The lowest BCUT2D eigenvalue weighted by Crippen LogP contribution is -2.26. The molecule has 1 unspecified atom stereocenters. The largest absolute Gasteiger partial charge is 0.346 e. The summed E-state index contributed by atoms with van der Waals surface area (Å²) in [6, 6.07) is 13.0. The first-order valence-corrected chi connectivity index (χ1v) is 6.85. The molecule has 0 saturated heterocycles. The monoisotopic (exact) mass is 291 g/mol. The Labute approximate surface area is 122 Å². The van der Waals surface area contributed by atoms with Crippen LogP contribution in [-0.2, 0) is 5.88 Å². The van der Waals surface area contributed by atoms with Gasteiger partial charge in [-0.25, -0.2) is 4.39 Å². The third kappa shape index (κ3) is 3.58. The minimum absolute atomic E-state index is 0.192. The molecule has 0 spiro atoms. The van der Waals surface area contributed by atoms with Crippen LogP contribution in [0, 0.1) is 5.82 Å². The number of benzene rings is 2. The number of alkyl halides is 1. The van der Waals surface area contributed by atoms with Crippen molar-refractivity contribution < 1.29 is 9.18 Å². The lowest BCUT2D eigenvalue weighted by molar-refractivity contribution is 0.0940. The van der Waals surface area contributed by atoms with E-state index in [0.717, 1.165) is 11.1 Å². The van der Waals surface area contributed by atoms with Gasteiger partial charge in [0.2, 0.25) is 0 Å². The van der Waals surface area contributed by atoms with Gasteiger partial charge < -0.3 is 5.32 Å². The fraction of sp³-hybridized carbons (Fsp3) is 0.188. The Hall–Kier alpha value is -1.87. The Kier molecular flexibility index (Phi) is 4.74.